The molecule has 0 saturated carbocycles. The van der Waals surface area contributed by atoms with Crippen LogP contribution in [0.15, 0.2) is 29.3 Å². The zero-order valence-corrected chi connectivity index (χ0v) is 20.5. The molecule has 1 amide bonds. The van der Waals surface area contributed by atoms with E-state index in [1.807, 2.05) is 20.8 Å². The fourth-order valence-electron chi connectivity index (χ4n) is 3.61. The maximum atomic E-state index is 12.3. The summed E-state index contributed by atoms with van der Waals surface area (Å²) in [6.45, 7) is 10.2. The van der Waals surface area contributed by atoms with Crippen molar-refractivity contribution in [1.29, 1.82) is 0 Å². The van der Waals surface area contributed by atoms with Crippen LogP contribution in [0.2, 0.25) is 0 Å². The van der Waals surface area contributed by atoms with Gasteiger partial charge in [0.05, 0.1) is 12.6 Å². The first kappa shape index (κ1) is 23.7. The van der Waals surface area contributed by atoms with Crippen LogP contribution in [0.1, 0.15) is 31.9 Å². The van der Waals surface area contributed by atoms with Gasteiger partial charge in [-0.2, -0.15) is 0 Å². The third kappa shape index (κ3) is 6.74. The van der Waals surface area contributed by atoms with Crippen LogP contribution in [0.3, 0.4) is 0 Å². The summed E-state index contributed by atoms with van der Waals surface area (Å²) >= 11 is 0. The number of nitrogens with zero attached hydrogens (tertiary/aromatic N) is 4. The average Bonchev–Trinajstić information content (AvgIpc) is 3.00. The van der Waals surface area contributed by atoms with Gasteiger partial charge in [-0.3, -0.25) is 4.99 Å². The van der Waals surface area contributed by atoms with Crippen LogP contribution in [0.5, 0.6) is 0 Å². The van der Waals surface area contributed by atoms with Gasteiger partial charge < -0.3 is 24.8 Å². The van der Waals surface area contributed by atoms with E-state index in [4.69, 9.17) is 4.74 Å². The van der Waals surface area contributed by atoms with E-state index in [0.29, 0.717) is 19.6 Å². The number of carbonyl (C=O) groups excluding carboxylic acids is 1. The maximum Gasteiger partial charge on any atom is 0.410 e. The number of piperazine rings is 1. The van der Waals surface area contributed by atoms with E-state index in [9.17, 15) is 4.79 Å². The molecule has 0 spiro atoms. The Balaban J connectivity index is 0.00000300. The number of guanidine groups is 1. The highest BCUT2D eigenvalue weighted by molar-refractivity contribution is 14.0. The van der Waals surface area contributed by atoms with Crippen LogP contribution in [-0.2, 0) is 17.8 Å². The van der Waals surface area contributed by atoms with E-state index in [-0.39, 0.29) is 36.1 Å². The van der Waals surface area contributed by atoms with Crippen LogP contribution < -0.4 is 5.32 Å². The van der Waals surface area contributed by atoms with Crippen LogP contribution in [0, 0.1) is 0 Å². The molecule has 1 N–H and O–H groups in total. The van der Waals surface area contributed by atoms with E-state index < -0.39 is 5.60 Å². The van der Waals surface area contributed by atoms with E-state index in [1.54, 1.807) is 4.90 Å². The lowest BCUT2D eigenvalue weighted by Gasteiger charge is -2.39. The Morgan fingerprint density at radius 2 is 2.00 bits per heavy atom. The molecule has 29 heavy (non-hydrogen) atoms. The molecule has 1 fully saturated rings. The van der Waals surface area contributed by atoms with E-state index in [2.05, 4.69) is 58.5 Å². The molecular weight excluding hydrogens is 481 g/mol. The standard InChI is InChI=1S/C21H33N5O2.HI/c1-21(2,3)28-20(27)25-9-10-26-18(15-25)13-23-19(26)22-12-16-7-6-8-17(11-16)14-24(4)5;/h6-8,11,18H,9-10,12-15H2,1-5H3,(H,22,23);1H. The second-order valence-electron chi connectivity index (χ2n) is 8.85. The van der Waals surface area contributed by atoms with Gasteiger partial charge in [0, 0.05) is 32.7 Å². The molecule has 2 heterocycles. The third-order valence-electron chi connectivity index (χ3n) is 4.80. The summed E-state index contributed by atoms with van der Waals surface area (Å²) in [5, 5.41) is 3.49. The Morgan fingerprint density at radius 3 is 2.69 bits per heavy atom. The number of aliphatic imine (C=N–C) groups is 1. The molecule has 1 atom stereocenters. The Bertz CT molecular complexity index is 732. The van der Waals surface area contributed by atoms with Gasteiger partial charge in [0.2, 0.25) is 0 Å². The number of amides is 1. The lowest BCUT2D eigenvalue weighted by Crippen LogP contribution is -2.57. The van der Waals surface area contributed by atoms with Crippen molar-refractivity contribution < 1.29 is 9.53 Å². The number of rotatable bonds is 4. The van der Waals surface area contributed by atoms with E-state index in [0.717, 1.165) is 25.6 Å². The van der Waals surface area contributed by atoms with E-state index in [1.165, 1.54) is 11.1 Å². The smallest absolute Gasteiger partial charge is 0.410 e. The van der Waals surface area contributed by atoms with Crippen molar-refractivity contribution >= 4 is 36.0 Å². The zero-order chi connectivity index (χ0) is 20.3. The van der Waals surface area contributed by atoms with Crippen LogP contribution >= 0.6 is 24.0 Å². The van der Waals surface area contributed by atoms with Crippen molar-refractivity contribution in [3.05, 3.63) is 35.4 Å². The first-order chi connectivity index (χ1) is 13.2. The summed E-state index contributed by atoms with van der Waals surface area (Å²) in [7, 11) is 4.16. The summed E-state index contributed by atoms with van der Waals surface area (Å²) in [5.74, 6) is 0.937. The van der Waals surface area contributed by atoms with Crippen LogP contribution in [0.25, 0.3) is 0 Å². The molecule has 2 aliphatic heterocycles. The molecule has 1 aromatic rings. The fraction of sp³-hybridized carbons (Fsp3) is 0.619. The number of fused-ring (bicyclic) bond motifs is 1. The highest BCUT2D eigenvalue weighted by Gasteiger charge is 2.36. The fourth-order valence-corrected chi connectivity index (χ4v) is 3.61. The van der Waals surface area contributed by atoms with Crippen molar-refractivity contribution in [3.63, 3.8) is 0 Å². The Hall–Kier alpha value is -1.55. The molecule has 162 valence electrons. The number of carbonyl (C=O) groups is 1. The van der Waals surface area contributed by atoms with Gasteiger partial charge in [-0.25, -0.2) is 4.79 Å². The first-order valence-electron chi connectivity index (χ1n) is 9.97. The first-order valence-corrected chi connectivity index (χ1v) is 9.97. The quantitative estimate of drug-likeness (QED) is 0.626. The number of benzene rings is 1. The lowest BCUT2D eigenvalue weighted by molar-refractivity contribution is 0.0137. The second-order valence-corrected chi connectivity index (χ2v) is 8.85. The number of hydrogen-bond acceptors (Lipinski definition) is 6. The molecule has 2 aliphatic rings. The van der Waals surface area contributed by atoms with Gasteiger partial charge in [-0.15, -0.1) is 24.0 Å². The van der Waals surface area contributed by atoms with Crippen molar-refractivity contribution in [2.24, 2.45) is 4.99 Å². The Labute approximate surface area is 191 Å². The molecule has 1 aromatic carbocycles. The summed E-state index contributed by atoms with van der Waals surface area (Å²) < 4.78 is 5.51. The molecule has 8 heteroatoms. The van der Waals surface area contributed by atoms with Crippen molar-refractivity contribution in [3.8, 4) is 0 Å². The minimum absolute atomic E-state index is 0. The van der Waals surface area contributed by atoms with Gasteiger partial charge in [0.25, 0.3) is 0 Å². The normalized spacial score (nSPS) is 18.8. The molecule has 7 nitrogen and oxygen atoms in total. The number of ether oxygens (including phenoxy) is 1. The monoisotopic (exact) mass is 515 g/mol. The molecule has 1 unspecified atom stereocenters. The molecule has 3 rings (SSSR count). The largest absolute Gasteiger partial charge is 0.444 e. The molecule has 0 radical (unpaired) electrons. The highest BCUT2D eigenvalue weighted by atomic mass is 127. The summed E-state index contributed by atoms with van der Waals surface area (Å²) in [6, 6.07) is 8.86. The predicted octanol–water partition coefficient (Wildman–Crippen LogP) is 2.75. The van der Waals surface area contributed by atoms with Crippen LogP contribution in [0.4, 0.5) is 4.79 Å². The van der Waals surface area contributed by atoms with Gasteiger partial charge in [0.1, 0.15) is 5.60 Å². The molecule has 0 aliphatic carbocycles. The zero-order valence-electron chi connectivity index (χ0n) is 18.1. The minimum atomic E-state index is -0.464. The van der Waals surface area contributed by atoms with Gasteiger partial charge in [-0.05, 0) is 46.0 Å². The van der Waals surface area contributed by atoms with Crippen molar-refractivity contribution in [2.75, 3.05) is 40.3 Å². The Morgan fingerprint density at radius 1 is 1.28 bits per heavy atom. The molecule has 1 saturated heterocycles. The Kier molecular flexibility index (Phi) is 8.16. The maximum absolute atomic E-state index is 12.3. The SMILES string of the molecule is CN(C)Cc1cccc(CNC2=NCC3CN(C(=O)OC(C)(C)C)CCN23)c1.I. The lowest BCUT2D eigenvalue weighted by atomic mass is 10.1. The van der Waals surface area contributed by atoms with Crippen molar-refractivity contribution in [2.45, 2.75) is 45.5 Å². The number of nitrogens with one attached hydrogen (secondary N) is 1. The molecule has 0 aromatic heterocycles. The predicted molar refractivity (Wildman–Crippen MR) is 127 cm³/mol. The summed E-state index contributed by atoms with van der Waals surface area (Å²) in [5.41, 5.74) is 2.09. The van der Waals surface area contributed by atoms with Gasteiger partial charge in [-0.1, -0.05) is 24.3 Å². The number of hydrogen-bond donors (Lipinski definition) is 1. The highest BCUT2D eigenvalue weighted by Crippen LogP contribution is 2.19. The average molecular weight is 515 g/mol. The van der Waals surface area contributed by atoms with Gasteiger partial charge >= 0.3 is 6.09 Å². The van der Waals surface area contributed by atoms with Crippen LogP contribution in [-0.4, -0.2) is 78.7 Å². The minimum Gasteiger partial charge on any atom is -0.444 e. The molecular formula is C21H34IN5O2. The summed E-state index contributed by atoms with van der Waals surface area (Å²) in [4.78, 5) is 23.3. The molecule has 0 bridgehead atoms. The van der Waals surface area contributed by atoms with E-state index >= 15 is 0 Å². The topological polar surface area (TPSA) is 60.4 Å². The third-order valence-corrected chi connectivity index (χ3v) is 4.80. The van der Waals surface area contributed by atoms with Crippen molar-refractivity contribution in [1.82, 2.24) is 20.0 Å². The van der Waals surface area contributed by atoms with Gasteiger partial charge in [0.15, 0.2) is 5.96 Å². The summed E-state index contributed by atoms with van der Waals surface area (Å²) in [6.07, 6.45) is -0.230. The number of halogens is 1. The second kappa shape index (κ2) is 9.97.